The lowest BCUT2D eigenvalue weighted by Crippen LogP contribution is -2.08. The molecule has 0 fully saturated rings. The van der Waals surface area contributed by atoms with Gasteiger partial charge in [-0.25, -0.2) is 0 Å². The zero-order valence-corrected chi connectivity index (χ0v) is 11.0. The lowest BCUT2D eigenvalue weighted by Gasteiger charge is -2.10. The van der Waals surface area contributed by atoms with Gasteiger partial charge in [0.1, 0.15) is 0 Å². The van der Waals surface area contributed by atoms with E-state index in [1.54, 1.807) is 0 Å². The summed E-state index contributed by atoms with van der Waals surface area (Å²) in [5.41, 5.74) is -0.513. The van der Waals surface area contributed by atoms with Gasteiger partial charge in [0.15, 0.2) is 17.8 Å². The molecule has 0 aliphatic carbocycles. The number of esters is 1. The molecule has 1 rings (SSSR count). The quantitative estimate of drug-likeness (QED) is 0.322. The third-order valence-corrected chi connectivity index (χ3v) is 2.43. The van der Waals surface area contributed by atoms with Gasteiger partial charge in [-0.05, 0) is 0 Å². The van der Waals surface area contributed by atoms with E-state index in [0.717, 1.165) is 6.07 Å². The van der Waals surface area contributed by atoms with Crippen LogP contribution in [0, 0.1) is 10.1 Å². The van der Waals surface area contributed by atoms with E-state index >= 15 is 0 Å². The van der Waals surface area contributed by atoms with Gasteiger partial charge in [0.05, 0.1) is 43.8 Å². The number of ether oxygens (including phenoxy) is 3. The predicted octanol–water partition coefficient (Wildman–Crippen LogP) is 1.36. The summed E-state index contributed by atoms with van der Waals surface area (Å²) >= 11 is 0. The van der Waals surface area contributed by atoms with Crippen molar-refractivity contribution in [3.8, 4) is 11.5 Å². The maximum atomic E-state index is 10.9. The summed E-state index contributed by atoms with van der Waals surface area (Å²) < 4.78 is 14.7. The normalized spacial score (nSPS) is 9.70. The first kappa shape index (κ1) is 15.4. The van der Waals surface area contributed by atoms with Crippen LogP contribution in [-0.4, -0.2) is 38.0 Å². The van der Waals surface area contributed by atoms with Crippen LogP contribution in [-0.2, 0) is 9.53 Å². The number of carbonyl (C=O) groups is 2. The largest absolute Gasteiger partial charge is 0.493 e. The van der Waals surface area contributed by atoms with Crippen molar-refractivity contribution in [2.75, 3.05) is 20.8 Å². The van der Waals surface area contributed by atoms with Crippen molar-refractivity contribution in [3.05, 3.63) is 27.8 Å². The van der Waals surface area contributed by atoms with E-state index in [2.05, 4.69) is 4.74 Å². The minimum absolute atomic E-state index is 0.0110. The Morgan fingerprint density at radius 2 is 2.05 bits per heavy atom. The summed E-state index contributed by atoms with van der Waals surface area (Å²) in [5, 5.41) is 10.8. The standard InChI is InChI=1S/C12H13NO7/c1-18-10-5-8(7-14)9(13(16)17)6-11(10)20-4-3-12(15)19-2/h5-7H,3-4H2,1-2H3. The highest BCUT2D eigenvalue weighted by Crippen LogP contribution is 2.34. The maximum absolute atomic E-state index is 10.9. The predicted molar refractivity (Wildman–Crippen MR) is 67.2 cm³/mol. The SMILES string of the molecule is COC(=O)CCOc1cc([N+](=O)[O-])c(C=O)cc1OC. The molecule has 0 aromatic heterocycles. The fourth-order valence-corrected chi connectivity index (χ4v) is 1.44. The number of nitro groups is 1. The third kappa shape index (κ3) is 3.67. The van der Waals surface area contributed by atoms with Crippen molar-refractivity contribution in [1.82, 2.24) is 0 Å². The van der Waals surface area contributed by atoms with Gasteiger partial charge >= 0.3 is 5.97 Å². The summed E-state index contributed by atoms with van der Waals surface area (Å²) in [6.45, 7) is -0.0272. The van der Waals surface area contributed by atoms with Crippen LogP contribution >= 0.6 is 0 Å². The minimum atomic E-state index is -0.698. The lowest BCUT2D eigenvalue weighted by atomic mass is 10.1. The van der Waals surface area contributed by atoms with Crippen molar-refractivity contribution >= 4 is 17.9 Å². The van der Waals surface area contributed by atoms with E-state index in [-0.39, 0.29) is 30.1 Å². The van der Waals surface area contributed by atoms with Crippen LogP contribution in [0.2, 0.25) is 0 Å². The van der Waals surface area contributed by atoms with Gasteiger partial charge < -0.3 is 14.2 Å². The van der Waals surface area contributed by atoms with E-state index in [9.17, 15) is 19.7 Å². The second-order valence-electron chi connectivity index (χ2n) is 3.61. The Hall–Kier alpha value is -2.64. The highest BCUT2D eigenvalue weighted by molar-refractivity contribution is 5.83. The molecule has 0 aliphatic heterocycles. The molecule has 0 saturated carbocycles. The summed E-state index contributed by atoms with van der Waals surface area (Å²) in [6, 6.07) is 2.29. The van der Waals surface area contributed by atoms with Crippen molar-refractivity contribution in [2.45, 2.75) is 6.42 Å². The Morgan fingerprint density at radius 1 is 1.35 bits per heavy atom. The summed E-state index contributed by atoms with van der Waals surface area (Å²) in [5.74, 6) is -0.223. The van der Waals surface area contributed by atoms with E-state index in [0.29, 0.717) is 6.29 Å². The van der Waals surface area contributed by atoms with Gasteiger partial charge in [0, 0.05) is 6.07 Å². The Kier molecular flexibility index (Phi) is 5.45. The van der Waals surface area contributed by atoms with Crippen molar-refractivity contribution in [1.29, 1.82) is 0 Å². The Labute approximate surface area is 114 Å². The van der Waals surface area contributed by atoms with Crippen LogP contribution in [0.1, 0.15) is 16.8 Å². The molecule has 1 aromatic carbocycles. The summed E-state index contributed by atoms with van der Waals surface area (Å²) in [6.07, 6.45) is 0.349. The highest BCUT2D eigenvalue weighted by atomic mass is 16.6. The molecule has 0 saturated heterocycles. The van der Waals surface area contributed by atoms with E-state index < -0.39 is 16.6 Å². The van der Waals surface area contributed by atoms with Crippen molar-refractivity contribution in [3.63, 3.8) is 0 Å². The highest BCUT2D eigenvalue weighted by Gasteiger charge is 2.19. The Bertz CT molecular complexity index is 527. The Morgan fingerprint density at radius 3 is 2.55 bits per heavy atom. The summed E-state index contributed by atoms with van der Waals surface area (Å²) in [4.78, 5) is 31.9. The van der Waals surface area contributed by atoms with Crippen molar-refractivity contribution in [2.24, 2.45) is 0 Å². The van der Waals surface area contributed by atoms with Crippen LogP contribution in [0.25, 0.3) is 0 Å². The number of carbonyl (C=O) groups excluding carboxylic acids is 2. The smallest absolute Gasteiger partial charge is 0.308 e. The molecule has 108 valence electrons. The number of benzene rings is 1. The fraction of sp³-hybridized carbons (Fsp3) is 0.333. The molecule has 0 heterocycles. The van der Waals surface area contributed by atoms with Crippen LogP contribution in [0.3, 0.4) is 0 Å². The van der Waals surface area contributed by atoms with Gasteiger partial charge in [-0.3, -0.25) is 19.7 Å². The molecule has 8 heteroatoms. The first-order valence-corrected chi connectivity index (χ1v) is 5.54. The zero-order chi connectivity index (χ0) is 15.1. The molecule has 0 N–H and O–H groups in total. The first-order chi connectivity index (χ1) is 9.53. The second kappa shape index (κ2) is 7.07. The maximum Gasteiger partial charge on any atom is 0.308 e. The number of hydrogen-bond donors (Lipinski definition) is 0. The van der Waals surface area contributed by atoms with Crippen molar-refractivity contribution < 1.29 is 28.7 Å². The molecule has 8 nitrogen and oxygen atoms in total. The van der Waals surface area contributed by atoms with Crippen LogP contribution < -0.4 is 9.47 Å². The van der Waals surface area contributed by atoms with Crippen LogP contribution in [0.4, 0.5) is 5.69 Å². The number of nitro benzene ring substituents is 1. The monoisotopic (exact) mass is 283 g/mol. The molecule has 0 bridgehead atoms. The Balaban J connectivity index is 2.99. The molecule has 0 amide bonds. The number of aldehydes is 1. The number of hydrogen-bond acceptors (Lipinski definition) is 7. The molecular formula is C12H13NO7. The molecule has 0 unspecified atom stereocenters. The topological polar surface area (TPSA) is 105 Å². The average Bonchev–Trinajstić information content (AvgIpc) is 2.46. The van der Waals surface area contributed by atoms with E-state index in [4.69, 9.17) is 9.47 Å². The molecule has 1 aromatic rings. The molecule has 0 radical (unpaired) electrons. The zero-order valence-electron chi connectivity index (χ0n) is 11.0. The van der Waals surface area contributed by atoms with Crippen LogP contribution in [0.5, 0.6) is 11.5 Å². The number of rotatable bonds is 7. The van der Waals surface area contributed by atoms with Gasteiger partial charge in [-0.1, -0.05) is 0 Å². The lowest BCUT2D eigenvalue weighted by molar-refractivity contribution is -0.385. The first-order valence-electron chi connectivity index (χ1n) is 5.54. The fourth-order valence-electron chi connectivity index (χ4n) is 1.44. The average molecular weight is 283 g/mol. The number of methoxy groups -OCH3 is 2. The molecule has 0 atom stereocenters. The minimum Gasteiger partial charge on any atom is -0.493 e. The number of nitrogens with zero attached hydrogens (tertiary/aromatic N) is 1. The van der Waals surface area contributed by atoms with Crippen LogP contribution in [0.15, 0.2) is 12.1 Å². The van der Waals surface area contributed by atoms with Gasteiger partial charge in [0.25, 0.3) is 5.69 Å². The van der Waals surface area contributed by atoms with Gasteiger partial charge in [-0.15, -0.1) is 0 Å². The second-order valence-corrected chi connectivity index (χ2v) is 3.61. The van der Waals surface area contributed by atoms with E-state index in [1.807, 2.05) is 0 Å². The third-order valence-electron chi connectivity index (χ3n) is 2.43. The summed E-state index contributed by atoms with van der Waals surface area (Å²) in [7, 11) is 2.58. The van der Waals surface area contributed by atoms with E-state index in [1.165, 1.54) is 20.3 Å². The molecule has 0 aliphatic rings. The van der Waals surface area contributed by atoms with Gasteiger partial charge in [0.2, 0.25) is 0 Å². The van der Waals surface area contributed by atoms with Gasteiger partial charge in [-0.2, -0.15) is 0 Å². The molecular weight excluding hydrogens is 270 g/mol. The molecule has 20 heavy (non-hydrogen) atoms. The molecule has 0 spiro atoms.